The third kappa shape index (κ3) is 6.11. The Morgan fingerprint density at radius 1 is 1.29 bits per heavy atom. The van der Waals surface area contributed by atoms with Crippen LogP contribution in [0.4, 0.5) is 0 Å². The van der Waals surface area contributed by atoms with Crippen LogP contribution in [0.2, 0.25) is 5.02 Å². The molecule has 0 heterocycles. The zero-order valence-electron chi connectivity index (χ0n) is 13.3. The van der Waals surface area contributed by atoms with Gasteiger partial charge in [-0.15, -0.1) is 12.3 Å². The number of rotatable bonds is 9. The number of hydrogen-bond donors (Lipinski definition) is 2. The summed E-state index contributed by atoms with van der Waals surface area (Å²) in [5, 5.41) is 2.92. The third-order valence-corrected chi connectivity index (χ3v) is 4.77. The summed E-state index contributed by atoms with van der Waals surface area (Å²) in [5.74, 6) is 1.70. The summed E-state index contributed by atoms with van der Waals surface area (Å²) in [5.41, 5.74) is 0. The number of nitrogens with one attached hydrogen (secondary N) is 2. The van der Waals surface area contributed by atoms with Gasteiger partial charge in [0, 0.05) is 25.7 Å². The van der Waals surface area contributed by atoms with Crippen LogP contribution in [0.15, 0.2) is 29.2 Å². The molecule has 0 radical (unpaired) electrons. The average molecular weight is 375 g/mol. The lowest BCUT2D eigenvalue weighted by molar-refractivity contribution is -0.128. The molecule has 0 unspecified atom stereocenters. The fourth-order valence-corrected chi connectivity index (χ4v) is 3.07. The van der Waals surface area contributed by atoms with Gasteiger partial charge in [0.1, 0.15) is 6.04 Å². The Morgan fingerprint density at radius 2 is 1.88 bits per heavy atom. The summed E-state index contributed by atoms with van der Waals surface area (Å²) < 4.78 is 36.8. The van der Waals surface area contributed by atoms with E-state index in [-0.39, 0.29) is 17.9 Å². The number of sulfonamides is 1. The molecule has 1 amide bonds. The molecule has 24 heavy (non-hydrogen) atoms. The number of carbonyl (C=O) groups is 1. The first-order chi connectivity index (χ1) is 11.3. The number of hydrogen-bond acceptors (Lipinski definition) is 5. The van der Waals surface area contributed by atoms with E-state index in [2.05, 4.69) is 16.0 Å². The Balaban J connectivity index is 2.82. The molecule has 0 saturated carbocycles. The number of carbonyl (C=O) groups excluding carboxylic acids is 1. The highest BCUT2D eigenvalue weighted by Gasteiger charge is 2.25. The van der Waals surface area contributed by atoms with Gasteiger partial charge < -0.3 is 14.8 Å². The van der Waals surface area contributed by atoms with Crippen LogP contribution in [0.25, 0.3) is 0 Å². The fraction of sp³-hybridized carbons (Fsp3) is 0.400. The number of terminal acetylenes is 1. The molecule has 0 saturated heterocycles. The maximum Gasteiger partial charge on any atom is 0.241 e. The minimum absolute atomic E-state index is 0.0200. The van der Waals surface area contributed by atoms with E-state index in [9.17, 15) is 13.2 Å². The summed E-state index contributed by atoms with van der Waals surface area (Å²) in [4.78, 5) is 12.1. The highest BCUT2D eigenvalue weighted by atomic mass is 35.5. The van der Waals surface area contributed by atoms with Crippen molar-refractivity contribution in [2.75, 3.05) is 20.8 Å². The van der Waals surface area contributed by atoms with Gasteiger partial charge >= 0.3 is 0 Å². The number of benzene rings is 1. The summed E-state index contributed by atoms with van der Waals surface area (Å²) >= 11 is 5.74. The summed E-state index contributed by atoms with van der Waals surface area (Å²) in [6, 6.07) is 4.43. The van der Waals surface area contributed by atoms with Crippen molar-refractivity contribution in [3.05, 3.63) is 29.3 Å². The van der Waals surface area contributed by atoms with Gasteiger partial charge in [-0.1, -0.05) is 11.6 Å². The van der Waals surface area contributed by atoms with Crippen molar-refractivity contribution < 1.29 is 22.7 Å². The lowest BCUT2D eigenvalue weighted by Crippen LogP contribution is -2.48. The minimum atomic E-state index is -3.92. The van der Waals surface area contributed by atoms with Crippen LogP contribution in [0.1, 0.15) is 6.42 Å². The highest BCUT2D eigenvalue weighted by Crippen LogP contribution is 2.14. The molecule has 7 nitrogen and oxygen atoms in total. The van der Waals surface area contributed by atoms with Crippen LogP contribution in [0, 0.1) is 12.3 Å². The van der Waals surface area contributed by atoms with E-state index >= 15 is 0 Å². The molecule has 1 aromatic rings. The Hall–Kier alpha value is -1.63. The molecule has 0 spiro atoms. The Morgan fingerprint density at radius 3 is 2.38 bits per heavy atom. The quantitative estimate of drug-likeness (QED) is 0.491. The second kappa shape index (κ2) is 9.61. The van der Waals surface area contributed by atoms with Crippen LogP contribution in [0.5, 0.6) is 0 Å². The number of methoxy groups -OCH3 is 2. The van der Waals surface area contributed by atoms with Crippen LogP contribution in [0.3, 0.4) is 0 Å². The maximum atomic E-state index is 12.3. The van der Waals surface area contributed by atoms with Gasteiger partial charge in [-0.25, -0.2) is 8.42 Å². The van der Waals surface area contributed by atoms with Gasteiger partial charge in [0.05, 0.1) is 11.4 Å². The van der Waals surface area contributed by atoms with E-state index in [4.69, 9.17) is 27.5 Å². The monoisotopic (exact) mass is 374 g/mol. The molecule has 0 aromatic heterocycles. The third-order valence-electron chi connectivity index (χ3n) is 3.03. The number of ether oxygens (including phenoxy) is 2. The van der Waals surface area contributed by atoms with Gasteiger partial charge in [0.15, 0.2) is 6.29 Å². The SMILES string of the molecule is C#CC[C@@H](NS(=O)(=O)c1ccc(Cl)cc1)C(=O)NCC(OC)OC. The number of amides is 1. The topological polar surface area (TPSA) is 93.7 Å². The van der Waals surface area contributed by atoms with Crippen LogP contribution >= 0.6 is 11.6 Å². The zero-order valence-corrected chi connectivity index (χ0v) is 14.9. The largest absolute Gasteiger partial charge is 0.354 e. The maximum absolute atomic E-state index is 12.3. The highest BCUT2D eigenvalue weighted by molar-refractivity contribution is 7.89. The normalized spacial score (nSPS) is 12.6. The first kappa shape index (κ1) is 20.4. The lowest BCUT2D eigenvalue weighted by atomic mass is 10.2. The molecule has 0 aliphatic heterocycles. The van der Waals surface area contributed by atoms with Crippen molar-refractivity contribution in [3.8, 4) is 12.3 Å². The van der Waals surface area contributed by atoms with Crippen molar-refractivity contribution in [1.82, 2.24) is 10.0 Å². The Kier molecular flexibility index (Phi) is 8.18. The predicted molar refractivity (Wildman–Crippen MR) is 89.8 cm³/mol. The van der Waals surface area contributed by atoms with Crippen LogP contribution < -0.4 is 10.0 Å². The van der Waals surface area contributed by atoms with Crippen molar-refractivity contribution in [2.45, 2.75) is 23.6 Å². The van der Waals surface area contributed by atoms with E-state index in [1.807, 2.05) is 0 Å². The van der Waals surface area contributed by atoms with Crippen LogP contribution in [-0.4, -0.2) is 47.4 Å². The van der Waals surface area contributed by atoms with E-state index < -0.39 is 28.3 Å². The summed E-state index contributed by atoms with van der Waals surface area (Å²) in [7, 11) is -1.08. The molecule has 1 rings (SSSR count). The molecule has 2 N–H and O–H groups in total. The predicted octanol–water partition coefficient (Wildman–Crippen LogP) is 0.745. The second-order valence-corrected chi connectivity index (χ2v) is 6.83. The molecule has 1 aromatic carbocycles. The van der Waals surface area contributed by atoms with Gasteiger partial charge in [-0.05, 0) is 24.3 Å². The number of halogens is 1. The van der Waals surface area contributed by atoms with E-state index in [1.54, 1.807) is 0 Å². The molecule has 1 atom stereocenters. The molecule has 0 fully saturated rings. The van der Waals surface area contributed by atoms with E-state index in [1.165, 1.54) is 38.5 Å². The average Bonchev–Trinajstić information content (AvgIpc) is 2.55. The fourth-order valence-electron chi connectivity index (χ4n) is 1.74. The molecule has 0 aliphatic carbocycles. The van der Waals surface area contributed by atoms with Crippen molar-refractivity contribution in [2.24, 2.45) is 0 Å². The van der Waals surface area contributed by atoms with Gasteiger partial charge in [-0.3, -0.25) is 4.79 Å². The van der Waals surface area contributed by atoms with Crippen molar-refractivity contribution in [3.63, 3.8) is 0 Å². The molecule has 9 heteroatoms. The van der Waals surface area contributed by atoms with E-state index in [0.29, 0.717) is 5.02 Å². The minimum Gasteiger partial charge on any atom is -0.354 e. The van der Waals surface area contributed by atoms with Gasteiger partial charge in [0.2, 0.25) is 15.9 Å². The molecule has 0 bridgehead atoms. The lowest BCUT2D eigenvalue weighted by Gasteiger charge is -2.19. The standard InChI is InChI=1S/C15H19ClN2O5S/c1-4-5-13(15(19)17-10-14(22-2)23-3)18-24(20,21)12-8-6-11(16)7-9-12/h1,6-9,13-14,18H,5,10H2,2-3H3,(H,17,19)/t13-/m1/s1. The smallest absolute Gasteiger partial charge is 0.241 e. The molecular formula is C15H19ClN2O5S. The van der Waals surface area contributed by atoms with Crippen molar-refractivity contribution >= 4 is 27.5 Å². The molecular weight excluding hydrogens is 356 g/mol. The zero-order chi connectivity index (χ0) is 18.2. The Bertz CT molecular complexity index is 681. The van der Waals surface area contributed by atoms with Crippen LogP contribution in [-0.2, 0) is 24.3 Å². The van der Waals surface area contributed by atoms with Crippen molar-refractivity contribution in [1.29, 1.82) is 0 Å². The van der Waals surface area contributed by atoms with Gasteiger partial charge in [0.25, 0.3) is 0 Å². The first-order valence-electron chi connectivity index (χ1n) is 6.88. The summed E-state index contributed by atoms with van der Waals surface area (Å²) in [6.45, 7) is 0.0512. The first-order valence-corrected chi connectivity index (χ1v) is 8.74. The Labute approximate surface area is 146 Å². The summed E-state index contributed by atoms with van der Waals surface area (Å²) in [6.07, 6.45) is 4.47. The second-order valence-electron chi connectivity index (χ2n) is 4.68. The molecule has 132 valence electrons. The van der Waals surface area contributed by atoms with Gasteiger partial charge in [-0.2, -0.15) is 4.72 Å². The molecule has 0 aliphatic rings. The van der Waals surface area contributed by atoms with E-state index in [0.717, 1.165) is 0 Å².